The van der Waals surface area contributed by atoms with E-state index in [0.717, 1.165) is 17.6 Å². The van der Waals surface area contributed by atoms with Crippen molar-refractivity contribution in [2.45, 2.75) is 13.1 Å². The van der Waals surface area contributed by atoms with Crippen LogP contribution in [0.15, 0.2) is 24.4 Å². The molecule has 0 aliphatic heterocycles. The molecular weight excluding hydrogens is 191 g/mol. The molecule has 1 nitrogen and oxygen atoms in total. The van der Waals surface area contributed by atoms with Crippen LogP contribution in [0.2, 0.25) is 0 Å². The maximum atomic E-state index is 12.4. The third kappa shape index (κ3) is 1.36. The number of aromatic amines is 1. The normalized spacial score (nSPS) is 12.3. The molecule has 0 aliphatic rings. The molecule has 0 radical (unpaired) electrons. The molecule has 0 saturated heterocycles. The first kappa shape index (κ1) is 9.12. The number of aromatic nitrogens is 1. The van der Waals surface area contributed by atoms with Gasteiger partial charge in [0.2, 0.25) is 0 Å². The second kappa shape index (κ2) is 2.77. The van der Waals surface area contributed by atoms with E-state index < -0.39 is 11.7 Å². The number of benzene rings is 1. The highest BCUT2D eigenvalue weighted by Crippen LogP contribution is 2.32. The van der Waals surface area contributed by atoms with Crippen molar-refractivity contribution in [3.8, 4) is 0 Å². The molecule has 0 aliphatic carbocycles. The van der Waals surface area contributed by atoms with Crippen LogP contribution in [0.1, 0.15) is 11.1 Å². The summed E-state index contributed by atoms with van der Waals surface area (Å²) in [4.78, 5) is 2.90. The lowest BCUT2D eigenvalue weighted by Crippen LogP contribution is -2.04. The van der Waals surface area contributed by atoms with Gasteiger partial charge < -0.3 is 4.98 Å². The fourth-order valence-corrected chi connectivity index (χ4v) is 1.52. The maximum Gasteiger partial charge on any atom is 0.416 e. The minimum absolute atomic E-state index is 0.595. The van der Waals surface area contributed by atoms with Crippen molar-refractivity contribution >= 4 is 10.9 Å². The molecule has 0 unspecified atom stereocenters. The van der Waals surface area contributed by atoms with Crippen LogP contribution >= 0.6 is 0 Å². The summed E-state index contributed by atoms with van der Waals surface area (Å²) in [7, 11) is 0. The van der Waals surface area contributed by atoms with Crippen LogP contribution in [0.4, 0.5) is 13.2 Å². The van der Waals surface area contributed by atoms with Crippen molar-refractivity contribution in [3.63, 3.8) is 0 Å². The molecule has 74 valence electrons. The molecule has 1 aromatic carbocycles. The Labute approximate surface area is 78.5 Å². The Morgan fingerprint density at radius 2 is 1.93 bits per heavy atom. The van der Waals surface area contributed by atoms with Crippen molar-refractivity contribution in [2.24, 2.45) is 0 Å². The summed E-state index contributed by atoms with van der Waals surface area (Å²) < 4.78 is 37.2. The van der Waals surface area contributed by atoms with Gasteiger partial charge in [0.25, 0.3) is 0 Å². The highest BCUT2D eigenvalue weighted by molar-refractivity contribution is 5.83. The van der Waals surface area contributed by atoms with Gasteiger partial charge >= 0.3 is 6.18 Å². The number of halogens is 3. The van der Waals surface area contributed by atoms with E-state index >= 15 is 0 Å². The summed E-state index contributed by atoms with van der Waals surface area (Å²) >= 11 is 0. The van der Waals surface area contributed by atoms with Crippen molar-refractivity contribution in [1.29, 1.82) is 0 Å². The van der Waals surface area contributed by atoms with E-state index in [9.17, 15) is 13.2 Å². The predicted molar refractivity (Wildman–Crippen MR) is 48.0 cm³/mol. The van der Waals surface area contributed by atoms with Gasteiger partial charge in [0.15, 0.2) is 0 Å². The quantitative estimate of drug-likeness (QED) is 0.668. The first-order valence-electron chi connectivity index (χ1n) is 4.13. The van der Waals surface area contributed by atoms with Crippen LogP contribution in [0, 0.1) is 6.92 Å². The Hall–Kier alpha value is -1.45. The number of fused-ring (bicyclic) bond motifs is 1. The summed E-state index contributed by atoms with van der Waals surface area (Å²) in [5.41, 5.74) is 0.778. The van der Waals surface area contributed by atoms with Gasteiger partial charge in [0.05, 0.1) is 5.56 Å². The third-order valence-electron chi connectivity index (χ3n) is 2.18. The van der Waals surface area contributed by atoms with Gasteiger partial charge in [-0.1, -0.05) is 0 Å². The lowest BCUT2D eigenvalue weighted by atomic mass is 10.1. The number of hydrogen-bond donors (Lipinski definition) is 1. The molecule has 0 saturated carbocycles. The van der Waals surface area contributed by atoms with Crippen LogP contribution in [-0.2, 0) is 6.18 Å². The zero-order valence-corrected chi connectivity index (χ0v) is 7.44. The van der Waals surface area contributed by atoms with E-state index in [4.69, 9.17) is 0 Å². The van der Waals surface area contributed by atoms with E-state index in [1.807, 2.05) is 0 Å². The zero-order chi connectivity index (χ0) is 10.3. The Bertz CT molecular complexity index is 468. The second-order valence-electron chi connectivity index (χ2n) is 3.23. The minimum Gasteiger partial charge on any atom is -0.361 e. The number of alkyl halides is 3. The molecule has 1 N–H and O–H groups in total. The van der Waals surface area contributed by atoms with Gasteiger partial charge in [-0.25, -0.2) is 0 Å². The summed E-state index contributed by atoms with van der Waals surface area (Å²) in [5, 5.41) is 0.595. The van der Waals surface area contributed by atoms with Gasteiger partial charge in [-0.05, 0) is 30.7 Å². The Kier molecular flexibility index (Phi) is 1.80. The molecule has 2 aromatic rings. The Morgan fingerprint density at radius 1 is 1.21 bits per heavy atom. The number of rotatable bonds is 0. The Balaban J connectivity index is 2.70. The molecule has 1 aromatic heterocycles. The van der Waals surface area contributed by atoms with Crippen molar-refractivity contribution in [2.75, 3.05) is 0 Å². The van der Waals surface area contributed by atoms with Gasteiger partial charge in [-0.2, -0.15) is 13.2 Å². The molecule has 1 heterocycles. The third-order valence-corrected chi connectivity index (χ3v) is 2.18. The monoisotopic (exact) mass is 199 g/mol. The average Bonchev–Trinajstić information content (AvgIpc) is 2.50. The van der Waals surface area contributed by atoms with Crippen molar-refractivity contribution in [3.05, 3.63) is 35.5 Å². The van der Waals surface area contributed by atoms with E-state index in [1.165, 1.54) is 0 Å². The molecule has 0 spiro atoms. The summed E-state index contributed by atoms with van der Waals surface area (Å²) in [6.45, 7) is 1.66. The van der Waals surface area contributed by atoms with Crippen LogP contribution in [0.25, 0.3) is 10.9 Å². The van der Waals surface area contributed by atoms with Crippen LogP contribution in [0.3, 0.4) is 0 Å². The number of H-pyrrole nitrogens is 1. The van der Waals surface area contributed by atoms with E-state index in [-0.39, 0.29) is 0 Å². The minimum atomic E-state index is -4.27. The van der Waals surface area contributed by atoms with E-state index in [2.05, 4.69) is 4.98 Å². The summed E-state index contributed by atoms with van der Waals surface area (Å²) in [5.74, 6) is 0. The fraction of sp³-hybridized carbons (Fsp3) is 0.200. The predicted octanol–water partition coefficient (Wildman–Crippen LogP) is 3.50. The molecule has 14 heavy (non-hydrogen) atoms. The average molecular weight is 199 g/mol. The molecule has 2 rings (SSSR count). The topological polar surface area (TPSA) is 15.8 Å². The number of hydrogen-bond acceptors (Lipinski definition) is 0. The van der Waals surface area contributed by atoms with Crippen LogP contribution < -0.4 is 0 Å². The van der Waals surface area contributed by atoms with E-state index in [1.54, 1.807) is 19.2 Å². The smallest absolute Gasteiger partial charge is 0.361 e. The van der Waals surface area contributed by atoms with E-state index in [0.29, 0.717) is 10.9 Å². The second-order valence-corrected chi connectivity index (χ2v) is 3.23. The SMILES string of the molecule is Cc1cc(C(F)(F)F)cc2cc[nH]c12. The first-order chi connectivity index (χ1) is 6.48. The lowest BCUT2D eigenvalue weighted by molar-refractivity contribution is -0.137. The molecule has 4 heteroatoms. The molecule has 0 bridgehead atoms. The molecule has 0 atom stereocenters. The lowest BCUT2D eigenvalue weighted by Gasteiger charge is -2.07. The first-order valence-corrected chi connectivity index (χ1v) is 4.13. The maximum absolute atomic E-state index is 12.4. The summed E-state index contributed by atoms with van der Waals surface area (Å²) in [6.07, 6.45) is -2.63. The highest BCUT2D eigenvalue weighted by Gasteiger charge is 2.30. The zero-order valence-electron chi connectivity index (χ0n) is 7.44. The van der Waals surface area contributed by atoms with Gasteiger partial charge in [0, 0.05) is 17.1 Å². The van der Waals surface area contributed by atoms with Gasteiger partial charge in [0.1, 0.15) is 0 Å². The largest absolute Gasteiger partial charge is 0.416 e. The van der Waals surface area contributed by atoms with Crippen molar-refractivity contribution in [1.82, 2.24) is 4.98 Å². The summed E-state index contributed by atoms with van der Waals surface area (Å²) in [6, 6.07) is 3.94. The van der Waals surface area contributed by atoms with Gasteiger partial charge in [-0.15, -0.1) is 0 Å². The molecular formula is C10H8F3N. The molecule has 0 fully saturated rings. The van der Waals surface area contributed by atoms with Gasteiger partial charge in [-0.3, -0.25) is 0 Å². The standard InChI is InChI=1S/C10H8F3N/c1-6-4-8(10(11,12)13)5-7-2-3-14-9(6)7/h2-5,14H,1H3. The fourth-order valence-electron chi connectivity index (χ4n) is 1.52. The highest BCUT2D eigenvalue weighted by atomic mass is 19.4. The van der Waals surface area contributed by atoms with Crippen LogP contribution in [0.5, 0.6) is 0 Å². The number of nitrogens with one attached hydrogen (secondary N) is 1. The van der Waals surface area contributed by atoms with Crippen molar-refractivity contribution < 1.29 is 13.2 Å². The van der Waals surface area contributed by atoms with Crippen LogP contribution in [-0.4, -0.2) is 4.98 Å². The Morgan fingerprint density at radius 3 is 2.57 bits per heavy atom. The molecule has 0 amide bonds. The number of aryl methyl sites for hydroxylation is 1.